The molecule has 0 aromatic carbocycles. The van der Waals surface area contributed by atoms with Gasteiger partial charge in [0.1, 0.15) is 0 Å². The van der Waals surface area contributed by atoms with Crippen molar-refractivity contribution in [3.63, 3.8) is 0 Å². The number of nitrogens with two attached hydrogens (primary N) is 1. The summed E-state index contributed by atoms with van der Waals surface area (Å²) in [5, 5.41) is 3.02. The van der Waals surface area contributed by atoms with Gasteiger partial charge in [0.2, 0.25) is 5.91 Å². The van der Waals surface area contributed by atoms with Crippen molar-refractivity contribution >= 4 is 5.91 Å². The molecular weight excluding hydrogens is 202 g/mol. The zero-order chi connectivity index (χ0) is 12.0. The highest BCUT2D eigenvalue weighted by molar-refractivity contribution is 5.79. The molecule has 2 atom stereocenters. The van der Waals surface area contributed by atoms with Crippen molar-refractivity contribution in [2.45, 2.75) is 26.2 Å². The molecule has 0 unspecified atom stereocenters. The number of carbonyl (C=O) groups is 1. The Morgan fingerprint density at radius 1 is 1.50 bits per heavy atom. The lowest BCUT2D eigenvalue weighted by Gasteiger charge is -2.19. The fraction of sp³-hybridized carbons (Fsp3) is 0.917. The Bertz CT molecular complexity index is 220. The number of nitrogens with zero attached hydrogens (tertiary/aromatic N) is 1. The summed E-state index contributed by atoms with van der Waals surface area (Å²) in [6.07, 6.45) is 3.27. The SMILES string of the molecule is CCN(C)CCNC(=O)[C@@H]1CCC[C@@H]1CN. The van der Waals surface area contributed by atoms with Crippen LogP contribution in [0.25, 0.3) is 0 Å². The zero-order valence-electron chi connectivity index (χ0n) is 10.5. The lowest BCUT2D eigenvalue weighted by atomic mass is 9.95. The molecule has 1 aliphatic carbocycles. The number of rotatable bonds is 6. The molecule has 1 aliphatic rings. The monoisotopic (exact) mass is 227 g/mol. The molecule has 0 radical (unpaired) electrons. The molecule has 0 bridgehead atoms. The van der Waals surface area contributed by atoms with Crippen molar-refractivity contribution in [2.75, 3.05) is 33.2 Å². The van der Waals surface area contributed by atoms with Crippen molar-refractivity contribution in [3.8, 4) is 0 Å². The van der Waals surface area contributed by atoms with E-state index in [4.69, 9.17) is 5.73 Å². The third-order valence-electron chi connectivity index (χ3n) is 3.63. The summed E-state index contributed by atoms with van der Waals surface area (Å²) < 4.78 is 0. The third kappa shape index (κ3) is 3.76. The molecule has 0 saturated heterocycles. The van der Waals surface area contributed by atoms with Crippen LogP contribution in [0.5, 0.6) is 0 Å². The van der Waals surface area contributed by atoms with Crippen molar-refractivity contribution in [1.82, 2.24) is 10.2 Å². The van der Waals surface area contributed by atoms with Crippen LogP contribution in [0.3, 0.4) is 0 Å². The molecule has 3 N–H and O–H groups in total. The Balaban J connectivity index is 2.24. The predicted molar refractivity (Wildman–Crippen MR) is 66.1 cm³/mol. The van der Waals surface area contributed by atoms with Gasteiger partial charge in [-0.1, -0.05) is 13.3 Å². The highest BCUT2D eigenvalue weighted by atomic mass is 16.1. The number of nitrogens with one attached hydrogen (secondary N) is 1. The average molecular weight is 227 g/mol. The van der Waals surface area contributed by atoms with Crippen molar-refractivity contribution in [3.05, 3.63) is 0 Å². The second-order valence-electron chi connectivity index (χ2n) is 4.72. The van der Waals surface area contributed by atoms with Crippen LogP contribution in [0.15, 0.2) is 0 Å². The molecule has 0 aromatic rings. The van der Waals surface area contributed by atoms with E-state index in [0.717, 1.165) is 38.9 Å². The van der Waals surface area contributed by atoms with E-state index in [1.807, 2.05) is 0 Å². The first-order valence-corrected chi connectivity index (χ1v) is 6.35. The van der Waals surface area contributed by atoms with E-state index >= 15 is 0 Å². The second kappa shape index (κ2) is 6.86. The van der Waals surface area contributed by atoms with E-state index in [2.05, 4.69) is 24.2 Å². The maximum atomic E-state index is 11.9. The fourth-order valence-corrected chi connectivity index (χ4v) is 2.32. The fourth-order valence-electron chi connectivity index (χ4n) is 2.32. The summed E-state index contributed by atoms with van der Waals surface area (Å²) in [4.78, 5) is 14.1. The van der Waals surface area contributed by atoms with E-state index < -0.39 is 0 Å². The largest absolute Gasteiger partial charge is 0.355 e. The van der Waals surface area contributed by atoms with Gasteiger partial charge in [-0.2, -0.15) is 0 Å². The standard InChI is InChI=1S/C12H25N3O/c1-3-15(2)8-7-14-12(16)11-6-4-5-10(11)9-13/h10-11H,3-9,13H2,1-2H3,(H,14,16)/t10-,11-/m1/s1. The van der Waals surface area contributed by atoms with Crippen LogP contribution in [0.1, 0.15) is 26.2 Å². The van der Waals surface area contributed by atoms with Crippen molar-refractivity contribution in [2.24, 2.45) is 17.6 Å². The summed E-state index contributed by atoms with van der Waals surface area (Å²) in [6, 6.07) is 0. The Hall–Kier alpha value is -0.610. The van der Waals surface area contributed by atoms with Crippen LogP contribution in [0.2, 0.25) is 0 Å². The van der Waals surface area contributed by atoms with E-state index in [9.17, 15) is 4.79 Å². The van der Waals surface area contributed by atoms with E-state index in [1.165, 1.54) is 0 Å². The van der Waals surface area contributed by atoms with Gasteiger partial charge in [-0.15, -0.1) is 0 Å². The minimum atomic E-state index is 0.164. The van der Waals surface area contributed by atoms with Gasteiger partial charge in [0.25, 0.3) is 0 Å². The third-order valence-corrected chi connectivity index (χ3v) is 3.63. The quantitative estimate of drug-likeness (QED) is 0.692. The Morgan fingerprint density at radius 3 is 2.88 bits per heavy atom. The van der Waals surface area contributed by atoms with Crippen LogP contribution in [0, 0.1) is 11.8 Å². The molecule has 4 heteroatoms. The van der Waals surface area contributed by atoms with Gasteiger partial charge in [-0.3, -0.25) is 4.79 Å². The first-order chi connectivity index (χ1) is 7.69. The molecule has 0 aliphatic heterocycles. The van der Waals surface area contributed by atoms with Gasteiger partial charge in [0.15, 0.2) is 0 Å². The van der Waals surface area contributed by atoms with Gasteiger partial charge in [-0.25, -0.2) is 0 Å². The molecule has 4 nitrogen and oxygen atoms in total. The van der Waals surface area contributed by atoms with Gasteiger partial charge in [0.05, 0.1) is 0 Å². The van der Waals surface area contributed by atoms with Gasteiger partial charge < -0.3 is 16.0 Å². The van der Waals surface area contributed by atoms with Gasteiger partial charge in [-0.05, 0) is 38.9 Å². The normalized spacial score (nSPS) is 25.0. The molecule has 1 amide bonds. The topological polar surface area (TPSA) is 58.4 Å². The summed E-state index contributed by atoms with van der Waals surface area (Å²) in [5.41, 5.74) is 5.67. The molecule has 0 spiro atoms. The maximum absolute atomic E-state index is 11.9. The lowest BCUT2D eigenvalue weighted by Crippen LogP contribution is -2.38. The summed E-state index contributed by atoms with van der Waals surface area (Å²) in [7, 11) is 2.06. The summed E-state index contributed by atoms with van der Waals surface area (Å²) in [6.45, 7) is 5.44. The Kier molecular flexibility index (Phi) is 5.77. The van der Waals surface area contributed by atoms with E-state index in [1.54, 1.807) is 0 Å². The number of carbonyl (C=O) groups excluding carboxylic acids is 1. The summed E-state index contributed by atoms with van der Waals surface area (Å²) >= 11 is 0. The average Bonchev–Trinajstić information content (AvgIpc) is 2.76. The second-order valence-corrected chi connectivity index (χ2v) is 4.72. The molecule has 1 fully saturated rings. The van der Waals surface area contributed by atoms with Crippen molar-refractivity contribution < 1.29 is 4.79 Å². The Labute approximate surface area is 98.6 Å². The van der Waals surface area contributed by atoms with Gasteiger partial charge >= 0.3 is 0 Å². The van der Waals surface area contributed by atoms with Crippen LogP contribution < -0.4 is 11.1 Å². The molecule has 1 saturated carbocycles. The molecule has 0 aromatic heterocycles. The van der Waals surface area contributed by atoms with Crippen LogP contribution >= 0.6 is 0 Å². The highest BCUT2D eigenvalue weighted by Gasteiger charge is 2.31. The first-order valence-electron chi connectivity index (χ1n) is 6.35. The maximum Gasteiger partial charge on any atom is 0.223 e. The minimum absolute atomic E-state index is 0.164. The molecule has 1 rings (SSSR count). The van der Waals surface area contributed by atoms with Crippen LogP contribution in [-0.4, -0.2) is 44.0 Å². The number of amides is 1. The number of likely N-dealkylation sites (N-methyl/N-ethyl adjacent to an activating group) is 1. The Morgan fingerprint density at radius 2 is 2.25 bits per heavy atom. The van der Waals surface area contributed by atoms with E-state index in [-0.39, 0.29) is 11.8 Å². The number of hydrogen-bond donors (Lipinski definition) is 2. The predicted octanol–water partition coefficient (Wildman–Crippen LogP) is 0.429. The van der Waals surface area contributed by atoms with E-state index in [0.29, 0.717) is 12.5 Å². The molecular formula is C12H25N3O. The molecule has 0 heterocycles. The van der Waals surface area contributed by atoms with Gasteiger partial charge in [0, 0.05) is 19.0 Å². The summed E-state index contributed by atoms with van der Waals surface area (Å²) in [5.74, 6) is 0.776. The minimum Gasteiger partial charge on any atom is -0.355 e. The van der Waals surface area contributed by atoms with Crippen molar-refractivity contribution in [1.29, 1.82) is 0 Å². The van der Waals surface area contributed by atoms with Crippen LogP contribution in [0.4, 0.5) is 0 Å². The zero-order valence-corrected chi connectivity index (χ0v) is 10.5. The molecule has 94 valence electrons. The number of hydrogen-bond acceptors (Lipinski definition) is 3. The lowest BCUT2D eigenvalue weighted by molar-refractivity contribution is -0.126. The highest BCUT2D eigenvalue weighted by Crippen LogP contribution is 2.30. The van der Waals surface area contributed by atoms with Crippen LogP contribution in [-0.2, 0) is 4.79 Å². The molecule has 16 heavy (non-hydrogen) atoms. The smallest absolute Gasteiger partial charge is 0.223 e. The first kappa shape index (κ1) is 13.5.